The highest BCUT2D eigenvalue weighted by Crippen LogP contribution is 2.24. The number of halogens is 1. The molecule has 0 heterocycles. The Morgan fingerprint density at radius 1 is 1.60 bits per heavy atom. The van der Waals surface area contributed by atoms with Gasteiger partial charge in [-0.15, -0.1) is 0 Å². The number of aldehydes is 1. The van der Waals surface area contributed by atoms with E-state index in [9.17, 15) is 9.59 Å². The predicted molar refractivity (Wildman–Crippen MR) is 54.7 cm³/mol. The highest BCUT2D eigenvalue weighted by atomic mass is 35.5. The average Bonchev–Trinajstić information content (AvgIpc) is 2.26. The number of rotatable bonds is 4. The van der Waals surface area contributed by atoms with E-state index >= 15 is 0 Å². The molecule has 15 heavy (non-hydrogen) atoms. The summed E-state index contributed by atoms with van der Waals surface area (Å²) >= 11 is 5.79. The van der Waals surface area contributed by atoms with Crippen LogP contribution in [0.4, 0.5) is 0 Å². The number of hydrogen-bond donors (Lipinski definition) is 2. The van der Waals surface area contributed by atoms with Crippen molar-refractivity contribution in [3.05, 3.63) is 28.8 Å². The summed E-state index contributed by atoms with van der Waals surface area (Å²) in [6, 6.07) is 4.49. The monoisotopic (exact) mass is 228 g/mol. The zero-order valence-electron chi connectivity index (χ0n) is 7.70. The summed E-state index contributed by atoms with van der Waals surface area (Å²) in [7, 11) is 0. The van der Waals surface area contributed by atoms with E-state index in [-0.39, 0.29) is 11.6 Å². The van der Waals surface area contributed by atoms with Gasteiger partial charge in [-0.1, -0.05) is 11.6 Å². The molecular weight excluding hydrogens is 220 g/mol. The number of hydrogen-bond acceptors (Lipinski definition) is 4. The van der Waals surface area contributed by atoms with Crippen molar-refractivity contribution in [2.45, 2.75) is 0 Å². The lowest BCUT2D eigenvalue weighted by atomic mass is 10.2. The summed E-state index contributed by atoms with van der Waals surface area (Å²) in [5.41, 5.74) is 2.35. The Morgan fingerprint density at radius 3 is 2.87 bits per heavy atom. The van der Waals surface area contributed by atoms with Crippen molar-refractivity contribution in [3.8, 4) is 5.75 Å². The first kappa shape index (κ1) is 11.5. The van der Waals surface area contributed by atoms with Crippen molar-refractivity contribution in [1.29, 1.82) is 0 Å². The molecule has 0 aliphatic carbocycles. The number of benzene rings is 1. The standard InChI is InChI=1S/C9H9ClN2O3/c10-7-3-6(4-13)1-2-8(7)15-5-9(14)12-11/h1-4H,5,11H2,(H,12,14). The minimum Gasteiger partial charge on any atom is -0.482 e. The van der Waals surface area contributed by atoms with Crippen LogP contribution in [0, 0.1) is 0 Å². The predicted octanol–water partition coefficient (Wildman–Crippen LogP) is 0.521. The van der Waals surface area contributed by atoms with Crippen LogP contribution in [0.25, 0.3) is 0 Å². The second-order valence-electron chi connectivity index (χ2n) is 2.66. The zero-order chi connectivity index (χ0) is 11.3. The number of nitrogens with two attached hydrogens (primary N) is 1. The normalized spacial score (nSPS) is 9.47. The molecule has 0 atom stereocenters. The van der Waals surface area contributed by atoms with Gasteiger partial charge in [0.05, 0.1) is 5.02 Å². The second kappa shape index (κ2) is 5.33. The minimum atomic E-state index is -0.467. The molecule has 1 rings (SSSR count). The van der Waals surface area contributed by atoms with Gasteiger partial charge in [0.15, 0.2) is 6.61 Å². The van der Waals surface area contributed by atoms with E-state index in [1.54, 1.807) is 0 Å². The molecular formula is C9H9ClN2O3. The van der Waals surface area contributed by atoms with Crippen LogP contribution >= 0.6 is 11.6 Å². The van der Waals surface area contributed by atoms with E-state index < -0.39 is 5.91 Å². The van der Waals surface area contributed by atoms with Gasteiger partial charge in [0, 0.05) is 5.56 Å². The van der Waals surface area contributed by atoms with Crippen LogP contribution in [0.15, 0.2) is 18.2 Å². The fourth-order valence-electron chi connectivity index (χ4n) is 0.892. The fraction of sp³-hybridized carbons (Fsp3) is 0.111. The van der Waals surface area contributed by atoms with Crippen molar-refractivity contribution >= 4 is 23.8 Å². The smallest absolute Gasteiger partial charge is 0.271 e. The summed E-state index contributed by atoms with van der Waals surface area (Å²) in [5.74, 6) is 4.72. The Bertz CT molecular complexity index is 382. The SMILES string of the molecule is NNC(=O)COc1ccc(C=O)cc1Cl. The van der Waals surface area contributed by atoms with Gasteiger partial charge < -0.3 is 4.74 Å². The van der Waals surface area contributed by atoms with Gasteiger partial charge in [0.1, 0.15) is 12.0 Å². The number of amides is 1. The molecule has 0 aromatic heterocycles. The number of carbonyl (C=O) groups excluding carboxylic acids is 2. The quantitative estimate of drug-likeness (QED) is 0.341. The number of hydrazine groups is 1. The van der Waals surface area contributed by atoms with E-state index in [4.69, 9.17) is 22.2 Å². The summed E-state index contributed by atoms with van der Waals surface area (Å²) in [6.45, 7) is -0.226. The van der Waals surface area contributed by atoms with Crippen LogP contribution in [0.3, 0.4) is 0 Å². The molecule has 1 aromatic rings. The number of carbonyl (C=O) groups is 2. The van der Waals surface area contributed by atoms with Gasteiger partial charge in [-0.25, -0.2) is 5.84 Å². The molecule has 80 valence electrons. The molecule has 0 saturated heterocycles. The average molecular weight is 229 g/mol. The molecule has 0 fully saturated rings. The Balaban J connectivity index is 2.70. The Kier molecular flexibility index (Phi) is 4.08. The van der Waals surface area contributed by atoms with Crippen molar-refractivity contribution < 1.29 is 14.3 Å². The maximum absolute atomic E-state index is 10.8. The van der Waals surface area contributed by atoms with Crippen molar-refractivity contribution in [1.82, 2.24) is 5.43 Å². The maximum atomic E-state index is 10.8. The Morgan fingerprint density at radius 2 is 2.33 bits per heavy atom. The summed E-state index contributed by atoms with van der Waals surface area (Å²) in [4.78, 5) is 21.2. The van der Waals surface area contributed by atoms with Crippen LogP contribution in [0.5, 0.6) is 5.75 Å². The van der Waals surface area contributed by atoms with Gasteiger partial charge in [-0.2, -0.15) is 0 Å². The van der Waals surface area contributed by atoms with E-state index in [0.29, 0.717) is 17.6 Å². The third-order valence-corrected chi connectivity index (χ3v) is 1.91. The maximum Gasteiger partial charge on any atom is 0.271 e. The highest BCUT2D eigenvalue weighted by molar-refractivity contribution is 6.32. The van der Waals surface area contributed by atoms with Crippen LogP contribution in [-0.4, -0.2) is 18.8 Å². The van der Waals surface area contributed by atoms with Crippen molar-refractivity contribution in [3.63, 3.8) is 0 Å². The molecule has 0 bridgehead atoms. The lowest BCUT2D eigenvalue weighted by molar-refractivity contribution is -0.123. The summed E-state index contributed by atoms with van der Waals surface area (Å²) in [6.07, 6.45) is 0.669. The molecule has 0 saturated carbocycles. The highest BCUT2D eigenvalue weighted by Gasteiger charge is 2.05. The van der Waals surface area contributed by atoms with E-state index in [0.717, 1.165) is 0 Å². The topological polar surface area (TPSA) is 81.4 Å². The fourth-order valence-corrected chi connectivity index (χ4v) is 1.14. The first-order valence-electron chi connectivity index (χ1n) is 4.04. The van der Waals surface area contributed by atoms with Gasteiger partial charge in [-0.3, -0.25) is 15.0 Å². The third-order valence-electron chi connectivity index (χ3n) is 1.61. The van der Waals surface area contributed by atoms with E-state index in [2.05, 4.69) is 0 Å². The van der Waals surface area contributed by atoms with E-state index in [1.165, 1.54) is 18.2 Å². The molecule has 0 aliphatic heterocycles. The minimum absolute atomic E-state index is 0.226. The van der Waals surface area contributed by atoms with Gasteiger partial charge >= 0.3 is 0 Å². The summed E-state index contributed by atoms with van der Waals surface area (Å²) < 4.78 is 5.05. The summed E-state index contributed by atoms with van der Waals surface area (Å²) in [5, 5.41) is 0.268. The van der Waals surface area contributed by atoms with Crippen LogP contribution in [-0.2, 0) is 4.79 Å². The largest absolute Gasteiger partial charge is 0.482 e. The molecule has 0 spiro atoms. The number of nitrogens with one attached hydrogen (secondary N) is 1. The molecule has 0 radical (unpaired) electrons. The first-order chi connectivity index (χ1) is 7.17. The Hall–Kier alpha value is -1.59. The molecule has 0 unspecified atom stereocenters. The van der Waals surface area contributed by atoms with Gasteiger partial charge in [0.2, 0.25) is 0 Å². The van der Waals surface area contributed by atoms with E-state index in [1.807, 2.05) is 5.43 Å². The zero-order valence-corrected chi connectivity index (χ0v) is 8.45. The number of ether oxygens (including phenoxy) is 1. The molecule has 1 aromatic carbocycles. The Labute approximate surface area is 91.1 Å². The molecule has 1 amide bonds. The van der Waals surface area contributed by atoms with Crippen LogP contribution in [0.2, 0.25) is 5.02 Å². The molecule has 3 N–H and O–H groups in total. The van der Waals surface area contributed by atoms with Gasteiger partial charge in [0.25, 0.3) is 5.91 Å². The lowest BCUT2D eigenvalue weighted by Crippen LogP contribution is -2.34. The van der Waals surface area contributed by atoms with Crippen molar-refractivity contribution in [2.75, 3.05) is 6.61 Å². The second-order valence-corrected chi connectivity index (χ2v) is 3.07. The first-order valence-corrected chi connectivity index (χ1v) is 4.42. The molecule has 0 aliphatic rings. The van der Waals surface area contributed by atoms with Crippen molar-refractivity contribution in [2.24, 2.45) is 5.84 Å². The molecule has 5 nitrogen and oxygen atoms in total. The molecule has 6 heteroatoms. The third kappa shape index (κ3) is 3.23. The van der Waals surface area contributed by atoms with Gasteiger partial charge in [-0.05, 0) is 18.2 Å². The lowest BCUT2D eigenvalue weighted by Gasteiger charge is -2.06. The van der Waals surface area contributed by atoms with Crippen LogP contribution in [0.1, 0.15) is 10.4 Å². The van der Waals surface area contributed by atoms with Crippen LogP contribution < -0.4 is 16.0 Å².